The van der Waals surface area contributed by atoms with Crippen molar-refractivity contribution in [2.45, 2.75) is 209 Å². The van der Waals surface area contributed by atoms with Gasteiger partial charge in [0.2, 0.25) is 0 Å². The van der Waals surface area contributed by atoms with Crippen LogP contribution in [-0.2, 0) is 43.3 Å². The maximum absolute atomic E-state index is 9.21. The molecule has 8 bridgehead atoms. The zero-order chi connectivity index (χ0) is 60.4. The zero-order valence-corrected chi connectivity index (χ0v) is 54.3. The molecule has 82 heavy (non-hydrogen) atoms. The molecule has 0 unspecified atom stereocenters. The second kappa shape index (κ2) is 20.2. The Morgan fingerprint density at radius 2 is 0.610 bits per heavy atom. The van der Waals surface area contributed by atoms with Gasteiger partial charge in [-0.1, -0.05) is 239 Å². The number of aromatic amines is 1. The van der Waals surface area contributed by atoms with Gasteiger partial charge < -0.3 is 4.98 Å². The van der Waals surface area contributed by atoms with Crippen molar-refractivity contribution < 1.29 is 0 Å². The third kappa shape index (κ3) is 12.0. The van der Waals surface area contributed by atoms with Gasteiger partial charge in [-0.25, -0.2) is 15.0 Å². The summed E-state index contributed by atoms with van der Waals surface area (Å²) in [5, 5.41) is 11.0. The summed E-state index contributed by atoms with van der Waals surface area (Å²) in [6.45, 7) is 55.1. The van der Waals surface area contributed by atoms with Crippen LogP contribution in [0.15, 0.2) is 153 Å². The first-order valence-electron chi connectivity index (χ1n) is 29.8. The highest BCUT2D eigenvalue weighted by Gasteiger charge is 2.33. The molecule has 0 spiro atoms. The van der Waals surface area contributed by atoms with Crippen molar-refractivity contribution in [1.82, 2.24) is 4.98 Å². The Morgan fingerprint density at radius 3 is 0.939 bits per heavy atom. The molecule has 9 rings (SSSR count). The number of benzene rings is 4. The van der Waals surface area contributed by atoms with Gasteiger partial charge in [-0.05, 0) is 158 Å². The quantitative estimate of drug-likeness (QED) is 0.168. The summed E-state index contributed by atoms with van der Waals surface area (Å²) in [5.41, 5.74) is 22.2. The fourth-order valence-electron chi connectivity index (χ4n) is 11.1. The van der Waals surface area contributed by atoms with E-state index in [0.29, 0.717) is 11.3 Å². The van der Waals surface area contributed by atoms with E-state index in [1.165, 1.54) is 44.5 Å². The van der Waals surface area contributed by atoms with Gasteiger partial charge in [-0.2, -0.15) is 0 Å². The first kappa shape index (κ1) is 59.7. The number of allylic oxidation sites excluding steroid dienone is 8. The predicted molar refractivity (Wildman–Crippen MR) is 354 cm³/mol. The monoisotopic (exact) mass is 1090 g/mol. The molecule has 5 heteroatoms. The van der Waals surface area contributed by atoms with Crippen molar-refractivity contribution in [3.05, 3.63) is 215 Å². The van der Waals surface area contributed by atoms with Crippen LogP contribution >= 0.6 is 0 Å². The minimum atomic E-state index is -0.162. The lowest BCUT2D eigenvalue weighted by Gasteiger charge is -2.27. The van der Waals surface area contributed by atoms with Gasteiger partial charge in [-0.3, -0.25) is 5.41 Å². The van der Waals surface area contributed by atoms with Gasteiger partial charge in [0.25, 0.3) is 0 Å². The van der Waals surface area contributed by atoms with Gasteiger partial charge >= 0.3 is 0 Å². The fourth-order valence-corrected chi connectivity index (χ4v) is 11.1. The van der Waals surface area contributed by atoms with Crippen LogP contribution < -0.4 is 10.7 Å². The van der Waals surface area contributed by atoms with Crippen molar-refractivity contribution >= 4 is 45.3 Å². The van der Waals surface area contributed by atoms with Gasteiger partial charge in [0.15, 0.2) is 0 Å². The molecule has 2 N–H and O–H groups in total. The summed E-state index contributed by atoms with van der Waals surface area (Å²) >= 11 is 0. The van der Waals surface area contributed by atoms with E-state index in [2.05, 4.69) is 292 Å². The molecule has 4 aliphatic rings. The van der Waals surface area contributed by atoms with Crippen molar-refractivity contribution in [1.29, 1.82) is 5.41 Å². The van der Waals surface area contributed by atoms with E-state index < -0.39 is 0 Å². The molecule has 0 saturated heterocycles. The van der Waals surface area contributed by atoms with Gasteiger partial charge in [0.1, 0.15) is 0 Å². The fraction of sp³-hybridized carbons (Fsp3) is 0.416. The van der Waals surface area contributed by atoms with Crippen LogP contribution in [0.25, 0.3) is 22.3 Å². The van der Waals surface area contributed by atoms with Crippen LogP contribution in [0, 0.1) is 5.41 Å². The Morgan fingerprint density at radius 1 is 0.329 bits per heavy atom. The summed E-state index contributed by atoms with van der Waals surface area (Å²) < 4.78 is 0. The van der Waals surface area contributed by atoms with Crippen molar-refractivity contribution in [3.63, 3.8) is 0 Å². The van der Waals surface area contributed by atoms with Crippen LogP contribution in [0.4, 0.5) is 0 Å². The number of nitrogens with zero attached hydrogens (tertiary/aromatic N) is 3. The smallest absolute Gasteiger partial charge is 0.0902 e. The van der Waals surface area contributed by atoms with E-state index in [4.69, 9.17) is 15.0 Å². The number of hydrogen-bond donors (Lipinski definition) is 2. The largest absolute Gasteiger partial charge is 0.354 e. The predicted octanol–water partition coefficient (Wildman–Crippen LogP) is 18.2. The van der Waals surface area contributed by atoms with Crippen LogP contribution in [0.1, 0.15) is 233 Å². The molecule has 0 saturated carbocycles. The molecule has 5 heterocycles. The van der Waals surface area contributed by atoms with Crippen LogP contribution in [0.3, 0.4) is 0 Å². The number of hydrogen-bond acceptors (Lipinski definition) is 4. The highest BCUT2D eigenvalue weighted by molar-refractivity contribution is 6.37. The summed E-state index contributed by atoms with van der Waals surface area (Å²) in [6, 6.07) is 32.9. The van der Waals surface area contributed by atoms with Crippen molar-refractivity contribution in [3.8, 4) is 0 Å². The van der Waals surface area contributed by atoms with E-state index in [0.717, 1.165) is 83.8 Å². The molecule has 0 amide bonds. The summed E-state index contributed by atoms with van der Waals surface area (Å²) in [4.78, 5) is 21.6. The second-order valence-electron chi connectivity index (χ2n) is 31.9. The second-order valence-corrected chi connectivity index (χ2v) is 31.9. The number of nitrogens with one attached hydrogen (secondary N) is 2. The Hall–Kier alpha value is -6.94. The Kier molecular flexibility index (Phi) is 14.7. The minimum absolute atomic E-state index is 0.131. The van der Waals surface area contributed by atoms with Crippen LogP contribution in [0.5, 0.6) is 0 Å². The van der Waals surface area contributed by atoms with E-state index in [1.54, 1.807) is 0 Å². The first-order valence-corrected chi connectivity index (χ1v) is 29.8. The summed E-state index contributed by atoms with van der Waals surface area (Å²) in [7, 11) is 0. The highest BCUT2D eigenvalue weighted by atomic mass is 14.9. The molecule has 4 aromatic carbocycles. The molecular formula is C77H93N5. The molecular weight excluding hydrogens is 995 g/mol. The summed E-state index contributed by atoms with van der Waals surface area (Å²) in [6.07, 6.45) is 10.9. The lowest BCUT2D eigenvalue weighted by molar-refractivity contribution is 0.567. The molecule has 5 nitrogen and oxygen atoms in total. The Balaban J connectivity index is 1.53. The van der Waals surface area contributed by atoms with Crippen molar-refractivity contribution in [2.24, 2.45) is 15.0 Å². The average molecular weight is 1090 g/mol. The standard InChI is InChI=1S/C77H93N5/c1-70(2,3)50-31-45(32-51(40-50)71(4,5)6)65-58-25-26-59(79-58)66(46-33-52(72(7,8)9)41-53(34-46)73(10,11)12)61-29-30-63(81-61)68(48-37-56(76(19,20)21)43-57(38-48)77(22,23)24)69-49(44-78)39-64(82-69)67(62-28-27-60(65)80-62)47-35-54(74(13,14)15)42-55(36-47)75(16,17)18/h25-43,78,81H,1-24H3. The molecule has 426 valence electrons. The van der Waals surface area contributed by atoms with E-state index >= 15 is 0 Å². The number of aliphatic imine (C=N–C) groups is 3. The maximum Gasteiger partial charge on any atom is 0.0902 e. The maximum atomic E-state index is 9.21. The Bertz CT molecular complexity index is 3810. The number of fused-ring (bicyclic) bond motifs is 5. The number of aromatic nitrogens is 1. The number of rotatable bonds is 4. The molecule has 1 aromatic heterocycles. The molecule has 0 fully saturated rings. The van der Waals surface area contributed by atoms with E-state index in [1.807, 2.05) is 0 Å². The minimum Gasteiger partial charge on any atom is -0.354 e. The van der Waals surface area contributed by atoms with Crippen molar-refractivity contribution in [2.75, 3.05) is 0 Å². The highest BCUT2D eigenvalue weighted by Crippen LogP contribution is 2.44. The zero-order valence-electron chi connectivity index (χ0n) is 54.3. The van der Waals surface area contributed by atoms with Crippen LogP contribution in [-0.4, -0.2) is 28.0 Å². The van der Waals surface area contributed by atoms with E-state index in [9.17, 15) is 5.41 Å². The lowest BCUT2D eigenvalue weighted by Crippen LogP contribution is -2.24. The Labute approximate surface area is 493 Å². The summed E-state index contributed by atoms with van der Waals surface area (Å²) in [5.74, 6) is 2.95. The third-order valence-corrected chi connectivity index (χ3v) is 16.7. The molecule has 5 aromatic rings. The van der Waals surface area contributed by atoms with Crippen LogP contribution in [0.2, 0.25) is 0 Å². The average Bonchev–Trinajstić information content (AvgIpc) is 4.30. The topological polar surface area (TPSA) is 76.7 Å². The normalized spacial score (nSPS) is 16.6. The third-order valence-electron chi connectivity index (χ3n) is 16.7. The SMILES string of the molecule is CC(C)(C)c1cc(C2=C3C=CC(=N3)C(c3cc(C(C)(C)C)cc(C(C)(C)C)c3)=C3C=CC(=N3)C(c3cc(C(C)(C)C)cc(C(C)(C)C)c3)=c3ccc([nH]3)=C(c3cc(C(C)(C)C)cc(C(C)(C)C)c3)C3=NC2=CC3=C=N)cc(C(C)(C)C)c1. The molecule has 0 aliphatic carbocycles. The van der Waals surface area contributed by atoms with E-state index in [-0.39, 0.29) is 43.3 Å². The first-order chi connectivity index (χ1) is 37.6. The molecule has 4 aliphatic heterocycles. The van der Waals surface area contributed by atoms with Gasteiger partial charge in [0, 0.05) is 33.0 Å². The lowest BCUT2D eigenvalue weighted by atomic mass is 9.78. The number of H-pyrrole nitrogens is 1. The molecule has 0 radical (unpaired) electrons. The van der Waals surface area contributed by atoms with Gasteiger partial charge in [0.05, 0.1) is 39.8 Å². The van der Waals surface area contributed by atoms with Gasteiger partial charge in [-0.15, -0.1) is 0 Å². The molecule has 0 atom stereocenters.